The molecule has 226 valence electrons. The Labute approximate surface area is 248 Å². The number of halogens is 2. The zero-order valence-corrected chi connectivity index (χ0v) is 25.2. The van der Waals surface area contributed by atoms with Gasteiger partial charge in [-0.25, -0.2) is 13.8 Å². The lowest BCUT2D eigenvalue weighted by Crippen LogP contribution is -2.62. The van der Waals surface area contributed by atoms with E-state index in [1.165, 1.54) is 0 Å². The van der Waals surface area contributed by atoms with Crippen molar-refractivity contribution >= 4 is 16.9 Å². The molecule has 3 unspecified atom stereocenters. The van der Waals surface area contributed by atoms with Crippen LogP contribution in [0.25, 0.3) is 11.0 Å². The third kappa shape index (κ3) is 4.95. The standard InChI is InChI=1S/C35H46F2N4O/c1-25-39-30-13-7-8-14-31(30)40(25)29-19-27-15-16-28(20-29)41(27)35(23-36,24-37)22-33(2,26-11-5-3-6-12-26)21-34(32(38)42)17-9-4-10-18-34/h3,5-8,11-14,27-29H,4,9-10,15-24H2,1-2H3,(H2,38,42). The van der Waals surface area contributed by atoms with Crippen LogP contribution in [0.4, 0.5) is 8.78 Å². The normalized spacial score (nSPS) is 25.9. The highest BCUT2D eigenvalue weighted by Gasteiger charge is 2.55. The first-order valence-electron chi connectivity index (χ1n) is 15.9. The van der Waals surface area contributed by atoms with E-state index in [-0.39, 0.29) is 24.0 Å². The Kier molecular flexibility index (Phi) is 7.92. The Hall–Kier alpha value is -2.80. The number of benzene rings is 2. The van der Waals surface area contributed by atoms with Crippen molar-refractivity contribution in [2.24, 2.45) is 11.1 Å². The van der Waals surface area contributed by atoms with Gasteiger partial charge in [0.05, 0.1) is 16.6 Å². The highest BCUT2D eigenvalue weighted by Crippen LogP contribution is 2.53. The second-order valence-corrected chi connectivity index (χ2v) is 13.9. The molecular formula is C35H46F2N4O. The van der Waals surface area contributed by atoms with E-state index in [0.29, 0.717) is 12.8 Å². The minimum absolute atomic E-state index is 0.0978. The average Bonchev–Trinajstić information content (AvgIpc) is 3.49. The quantitative estimate of drug-likeness (QED) is 0.274. The number of aryl methyl sites for hydroxylation is 1. The first kappa shape index (κ1) is 29.3. The van der Waals surface area contributed by atoms with Crippen molar-refractivity contribution in [2.45, 2.75) is 114 Å². The largest absolute Gasteiger partial charge is 0.369 e. The molecule has 2 bridgehead atoms. The Morgan fingerprint density at radius 2 is 1.57 bits per heavy atom. The summed E-state index contributed by atoms with van der Waals surface area (Å²) in [4.78, 5) is 20.1. The van der Waals surface area contributed by atoms with Gasteiger partial charge in [0.1, 0.15) is 19.2 Å². The molecule has 3 heterocycles. The van der Waals surface area contributed by atoms with Crippen LogP contribution in [0.15, 0.2) is 54.6 Å². The number of nitrogens with two attached hydrogens (primary N) is 1. The molecule has 7 heteroatoms. The van der Waals surface area contributed by atoms with Gasteiger partial charge in [-0.15, -0.1) is 0 Å². The molecule has 0 spiro atoms. The van der Waals surface area contributed by atoms with Crippen LogP contribution in [0.2, 0.25) is 0 Å². The fourth-order valence-electron chi connectivity index (χ4n) is 9.44. The van der Waals surface area contributed by atoms with Crippen molar-refractivity contribution in [2.75, 3.05) is 13.3 Å². The van der Waals surface area contributed by atoms with Crippen LogP contribution in [-0.2, 0) is 10.2 Å². The second kappa shape index (κ2) is 11.4. The lowest BCUT2D eigenvalue weighted by atomic mass is 9.59. The van der Waals surface area contributed by atoms with Crippen LogP contribution in [0, 0.1) is 12.3 Å². The van der Waals surface area contributed by atoms with Gasteiger partial charge in [-0.2, -0.15) is 0 Å². The van der Waals surface area contributed by atoms with E-state index in [1.807, 2.05) is 24.3 Å². The van der Waals surface area contributed by atoms with Crippen molar-refractivity contribution in [3.8, 4) is 0 Å². The summed E-state index contributed by atoms with van der Waals surface area (Å²) in [6.45, 7) is 2.69. The molecule has 2 N–H and O–H groups in total. The van der Waals surface area contributed by atoms with E-state index >= 15 is 8.78 Å². The van der Waals surface area contributed by atoms with Crippen molar-refractivity contribution in [1.82, 2.24) is 14.5 Å². The number of hydrogen-bond acceptors (Lipinski definition) is 3. The summed E-state index contributed by atoms with van der Waals surface area (Å²) >= 11 is 0. The van der Waals surface area contributed by atoms with E-state index in [2.05, 4.69) is 53.6 Å². The van der Waals surface area contributed by atoms with Crippen molar-refractivity contribution in [3.63, 3.8) is 0 Å². The predicted octanol–water partition coefficient (Wildman–Crippen LogP) is 7.36. The molecule has 3 aromatic rings. The average molecular weight is 577 g/mol. The number of piperidine rings is 1. The zero-order valence-electron chi connectivity index (χ0n) is 25.2. The van der Waals surface area contributed by atoms with Crippen LogP contribution in [-0.4, -0.2) is 51.3 Å². The molecule has 2 aliphatic heterocycles. The number of carbonyl (C=O) groups excluding carboxylic acids is 1. The van der Waals surface area contributed by atoms with E-state index in [1.54, 1.807) is 0 Å². The highest BCUT2D eigenvalue weighted by molar-refractivity contribution is 5.81. The molecule has 0 radical (unpaired) electrons. The third-order valence-electron chi connectivity index (χ3n) is 11.1. The van der Waals surface area contributed by atoms with Crippen LogP contribution in [0.5, 0.6) is 0 Å². The van der Waals surface area contributed by atoms with Gasteiger partial charge in [0.25, 0.3) is 0 Å². The summed E-state index contributed by atoms with van der Waals surface area (Å²) in [5, 5.41) is 0. The monoisotopic (exact) mass is 576 g/mol. The number of amides is 1. The van der Waals surface area contributed by atoms with Gasteiger partial charge in [0, 0.05) is 23.5 Å². The SMILES string of the molecule is Cc1nc2ccccc2n1C1CC2CCC(C1)N2C(CF)(CF)CC(C)(CC1(C(N)=O)CCCCC1)c1ccccc1. The molecule has 1 amide bonds. The molecule has 3 atom stereocenters. The maximum Gasteiger partial charge on any atom is 0.223 e. The molecule has 42 heavy (non-hydrogen) atoms. The van der Waals surface area contributed by atoms with Gasteiger partial charge in [0.15, 0.2) is 0 Å². The minimum atomic E-state index is -1.25. The number of aromatic nitrogens is 2. The summed E-state index contributed by atoms with van der Waals surface area (Å²) in [6, 6.07) is 18.8. The summed E-state index contributed by atoms with van der Waals surface area (Å²) < 4.78 is 33.6. The number of fused-ring (bicyclic) bond motifs is 3. The summed E-state index contributed by atoms with van der Waals surface area (Å²) in [6.07, 6.45) is 8.96. The van der Waals surface area contributed by atoms with E-state index in [0.717, 1.165) is 80.2 Å². The van der Waals surface area contributed by atoms with Gasteiger partial charge in [-0.05, 0) is 81.4 Å². The molecule has 2 aromatic carbocycles. The number of hydrogen-bond donors (Lipinski definition) is 1. The lowest BCUT2D eigenvalue weighted by molar-refractivity contribution is -0.131. The fraction of sp³-hybridized carbons (Fsp3) is 0.600. The molecule has 3 fully saturated rings. The van der Waals surface area contributed by atoms with Crippen LogP contribution in [0.3, 0.4) is 0 Å². The van der Waals surface area contributed by atoms with E-state index in [9.17, 15) is 4.79 Å². The topological polar surface area (TPSA) is 64.2 Å². The molecule has 3 aliphatic rings. The van der Waals surface area contributed by atoms with Gasteiger partial charge in [0.2, 0.25) is 5.91 Å². The second-order valence-electron chi connectivity index (χ2n) is 13.9. The highest BCUT2D eigenvalue weighted by atomic mass is 19.1. The van der Waals surface area contributed by atoms with Crippen molar-refractivity contribution < 1.29 is 13.6 Å². The molecule has 1 saturated carbocycles. The Balaban J connectivity index is 1.34. The van der Waals surface area contributed by atoms with Gasteiger partial charge in [-0.3, -0.25) is 9.69 Å². The Morgan fingerprint density at radius 1 is 0.952 bits per heavy atom. The number of rotatable bonds is 10. The number of para-hydroxylation sites is 2. The van der Waals surface area contributed by atoms with Crippen molar-refractivity contribution in [1.29, 1.82) is 0 Å². The van der Waals surface area contributed by atoms with E-state index < -0.39 is 29.7 Å². The first-order valence-corrected chi connectivity index (χ1v) is 15.9. The van der Waals surface area contributed by atoms with Crippen LogP contribution in [0.1, 0.15) is 95.0 Å². The summed E-state index contributed by atoms with van der Waals surface area (Å²) in [5.41, 5.74) is 6.78. The lowest BCUT2D eigenvalue weighted by Gasteiger charge is -2.53. The molecule has 5 nitrogen and oxygen atoms in total. The molecule has 1 aromatic heterocycles. The molecule has 2 saturated heterocycles. The zero-order chi connectivity index (χ0) is 29.5. The van der Waals surface area contributed by atoms with Crippen molar-refractivity contribution in [3.05, 3.63) is 66.0 Å². The Morgan fingerprint density at radius 3 is 2.19 bits per heavy atom. The first-order chi connectivity index (χ1) is 20.2. The number of imidazole rings is 1. The number of primary amides is 1. The smallest absolute Gasteiger partial charge is 0.223 e. The number of carbonyl (C=O) groups is 1. The van der Waals surface area contributed by atoms with E-state index in [4.69, 9.17) is 10.7 Å². The maximum atomic E-state index is 15.6. The number of nitrogens with zero attached hydrogens (tertiary/aromatic N) is 3. The predicted molar refractivity (Wildman–Crippen MR) is 164 cm³/mol. The third-order valence-corrected chi connectivity index (χ3v) is 11.1. The van der Waals surface area contributed by atoms with Gasteiger partial charge in [-0.1, -0.05) is 68.7 Å². The van der Waals surface area contributed by atoms with Crippen LogP contribution < -0.4 is 5.73 Å². The summed E-state index contributed by atoms with van der Waals surface area (Å²) in [5.74, 6) is 0.733. The maximum absolute atomic E-state index is 15.6. The summed E-state index contributed by atoms with van der Waals surface area (Å²) in [7, 11) is 0. The van der Waals surface area contributed by atoms with Crippen LogP contribution >= 0.6 is 0 Å². The Bertz CT molecular complexity index is 1380. The molecular weight excluding hydrogens is 530 g/mol. The molecule has 1 aliphatic carbocycles. The number of alkyl halides is 2. The fourth-order valence-corrected chi connectivity index (χ4v) is 9.44. The van der Waals surface area contributed by atoms with Gasteiger partial charge < -0.3 is 10.3 Å². The molecule has 6 rings (SSSR count). The minimum Gasteiger partial charge on any atom is -0.369 e. The van der Waals surface area contributed by atoms with Gasteiger partial charge >= 0.3 is 0 Å².